The van der Waals surface area contributed by atoms with Gasteiger partial charge >= 0.3 is 5.69 Å². The SMILES string of the molecule is CCn1c(-c2ccc(Cl)c(Cl)c2)cc(-c2ccccc2)nc1=O. The van der Waals surface area contributed by atoms with Crippen molar-refractivity contribution in [3.8, 4) is 22.5 Å². The Labute approximate surface area is 144 Å². The van der Waals surface area contributed by atoms with E-state index in [1.54, 1.807) is 16.7 Å². The molecule has 0 saturated carbocycles. The molecule has 0 spiro atoms. The first-order chi connectivity index (χ1) is 11.1. The van der Waals surface area contributed by atoms with Crippen LogP contribution in [0.25, 0.3) is 22.5 Å². The van der Waals surface area contributed by atoms with E-state index < -0.39 is 0 Å². The minimum Gasteiger partial charge on any atom is -0.292 e. The first-order valence-corrected chi connectivity index (χ1v) is 7.98. The quantitative estimate of drug-likeness (QED) is 0.676. The summed E-state index contributed by atoms with van der Waals surface area (Å²) in [7, 11) is 0. The van der Waals surface area contributed by atoms with Crippen LogP contribution >= 0.6 is 23.2 Å². The van der Waals surface area contributed by atoms with Gasteiger partial charge in [0.2, 0.25) is 0 Å². The van der Waals surface area contributed by atoms with Crippen LogP contribution < -0.4 is 5.69 Å². The molecule has 3 rings (SSSR count). The highest BCUT2D eigenvalue weighted by atomic mass is 35.5. The number of hydrogen-bond acceptors (Lipinski definition) is 2. The molecule has 1 aromatic heterocycles. The smallest absolute Gasteiger partial charge is 0.292 e. The fraction of sp³-hybridized carbons (Fsp3) is 0.111. The third-order valence-electron chi connectivity index (χ3n) is 3.61. The van der Waals surface area contributed by atoms with Crippen molar-refractivity contribution in [2.75, 3.05) is 0 Å². The molecule has 0 aliphatic heterocycles. The van der Waals surface area contributed by atoms with Gasteiger partial charge in [0, 0.05) is 12.1 Å². The van der Waals surface area contributed by atoms with Crippen LogP contribution in [-0.4, -0.2) is 9.55 Å². The summed E-state index contributed by atoms with van der Waals surface area (Å²) in [5.41, 5.74) is 2.85. The molecule has 5 heteroatoms. The topological polar surface area (TPSA) is 34.9 Å². The number of aromatic nitrogens is 2. The lowest BCUT2D eigenvalue weighted by Gasteiger charge is -2.13. The maximum atomic E-state index is 12.4. The largest absolute Gasteiger partial charge is 0.348 e. The van der Waals surface area contributed by atoms with Gasteiger partial charge in [0.05, 0.1) is 21.4 Å². The Balaban J connectivity index is 2.24. The van der Waals surface area contributed by atoms with E-state index >= 15 is 0 Å². The lowest BCUT2D eigenvalue weighted by atomic mass is 10.1. The zero-order valence-corrected chi connectivity index (χ0v) is 14.0. The van der Waals surface area contributed by atoms with E-state index in [2.05, 4.69) is 4.98 Å². The van der Waals surface area contributed by atoms with Crippen LogP contribution in [0.1, 0.15) is 6.92 Å². The van der Waals surface area contributed by atoms with Gasteiger partial charge in [-0.15, -0.1) is 0 Å². The van der Waals surface area contributed by atoms with E-state index in [1.807, 2.05) is 49.4 Å². The van der Waals surface area contributed by atoms with Gasteiger partial charge < -0.3 is 0 Å². The molecule has 2 aromatic carbocycles. The molecule has 0 bridgehead atoms. The number of benzene rings is 2. The molecular formula is C18H14Cl2N2O. The highest BCUT2D eigenvalue weighted by molar-refractivity contribution is 6.42. The van der Waals surface area contributed by atoms with E-state index in [-0.39, 0.29) is 5.69 Å². The van der Waals surface area contributed by atoms with Gasteiger partial charge in [0.15, 0.2) is 0 Å². The van der Waals surface area contributed by atoms with Crippen molar-refractivity contribution in [3.05, 3.63) is 75.1 Å². The summed E-state index contributed by atoms with van der Waals surface area (Å²) in [6.07, 6.45) is 0. The molecular weight excluding hydrogens is 331 g/mol. The van der Waals surface area contributed by atoms with Crippen molar-refractivity contribution >= 4 is 23.2 Å². The standard InChI is InChI=1S/C18H14Cl2N2O/c1-2-22-17(13-8-9-14(19)15(20)10-13)11-16(21-18(22)23)12-6-4-3-5-7-12/h3-11H,2H2,1H3. The average Bonchev–Trinajstić information content (AvgIpc) is 2.57. The van der Waals surface area contributed by atoms with Crippen LogP contribution in [0.15, 0.2) is 59.4 Å². The molecule has 3 nitrogen and oxygen atoms in total. The van der Waals surface area contributed by atoms with E-state index in [4.69, 9.17) is 23.2 Å². The zero-order valence-electron chi connectivity index (χ0n) is 12.5. The predicted molar refractivity (Wildman–Crippen MR) is 95.1 cm³/mol. The Bertz CT molecular complexity index is 905. The minimum absolute atomic E-state index is 0.282. The van der Waals surface area contributed by atoms with E-state index in [1.165, 1.54) is 0 Å². The maximum absolute atomic E-state index is 12.4. The van der Waals surface area contributed by atoms with Gasteiger partial charge in [-0.2, -0.15) is 4.98 Å². The van der Waals surface area contributed by atoms with Gasteiger partial charge in [0.25, 0.3) is 0 Å². The first-order valence-electron chi connectivity index (χ1n) is 7.23. The second-order valence-corrected chi connectivity index (χ2v) is 5.86. The normalized spacial score (nSPS) is 10.7. The van der Waals surface area contributed by atoms with Gasteiger partial charge in [-0.05, 0) is 30.7 Å². The third-order valence-corrected chi connectivity index (χ3v) is 4.35. The fourth-order valence-electron chi connectivity index (χ4n) is 2.46. The van der Waals surface area contributed by atoms with Crippen molar-refractivity contribution in [1.82, 2.24) is 9.55 Å². The second-order valence-electron chi connectivity index (χ2n) is 5.05. The molecule has 0 unspecified atom stereocenters. The van der Waals surface area contributed by atoms with E-state index in [0.29, 0.717) is 22.3 Å². The summed E-state index contributed by atoms with van der Waals surface area (Å²) in [5, 5.41) is 0.940. The van der Waals surface area contributed by atoms with Crippen LogP contribution in [0, 0.1) is 0 Å². The predicted octanol–water partition coefficient (Wildman–Crippen LogP) is 4.90. The molecule has 0 amide bonds. The van der Waals surface area contributed by atoms with E-state index in [9.17, 15) is 4.79 Å². The number of nitrogens with zero attached hydrogens (tertiary/aromatic N) is 2. The molecule has 0 N–H and O–H groups in total. The van der Waals surface area contributed by atoms with Crippen LogP contribution in [0.2, 0.25) is 10.0 Å². The minimum atomic E-state index is -0.282. The Morgan fingerprint density at radius 3 is 2.35 bits per heavy atom. The molecule has 3 aromatic rings. The van der Waals surface area contributed by atoms with Crippen molar-refractivity contribution in [2.45, 2.75) is 13.5 Å². The number of halogens is 2. The molecule has 0 saturated heterocycles. The Morgan fingerprint density at radius 2 is 1.70 bits per heavy atom. The van der Waals surface area contributed by atoms with Gasteiger partial charge in [0.1, 0.15) is 0 Å². The Hall–Kier alpha value is -2.10. The molecule has 0 fully saturated rings. The van der Waals surface area contributed by atoms with Crippen molar-refractivity contribution in [1.29, 1.82) is 0 Å². The van der Waals surface area contributed by atoms with Crippen molar-refractivity contribution < 1.29 is 0 Å². The lowest BCUT2D eigenvalue weighted by molar-refractivity contribution is 0.709. The second kappa shape index (κ2) is 6.57. The van der Waals surface area contributed by atoms with E-state index in [0.717, 1.165) is 16.8 Å². The molecule has 0 aliphatic rings. The first kappa shape index (κ1) is 15.8. The summed E-state index contributed by atoms with van der Waals surface area (Å²) >= 11 is 12.1. The summed E-state index contributed by atoms with van der Waals surface area (Å²) in [4.78, 5) is 16.6. The Kier molecular flexibility index (Phi) is 4.51. The van der Waals surface area contributed by atoms with Crippen LogP contribution in [0.3, 0.4) is 0 Å². The summed E-state index contributed by atoms with van der Waals surface area (Å²) in [6.45, 7) is 2.43. The lowest BCUT2D eigenvalue weighted by Crippen LogP contribution is -2.24. The monoisotopic (exact) mass is 344 g/mol. The summed E-state index contributed by atoms with van der Waals surface area (Å²) in [5.74, 6) is 0. The average molecular weight is 345 g/mol. The zero-order chi connectivity index (χ0) is 16.4. The number of hydrogen-bond donors (Lipinski definition) is 0. The van der Waals surface area contributed by atoms with Crippen molar-refractivity contribution in [3.63, 3.8) is 0 Å². The van der Waals surface area contributed by atoms with Gasteiger partial charge in [-0.1, -0.05) is 59.6 Å². The maximum Gasteiger partial charge on any atom is 0.348 e. The highest BCUT2D eigenvalue weighted by Crippen LogP contribution is 2.29. The Morgan fingerprint density at radius 1 is 0.957 bits per heavy atom. The molecule has 23 heavy (non-hydrogen) atoms. The van der Waals surface area contributed by atoms with Gasteiger partial charge in [-0.3, -0.25) is 4.57 Å². The van der Waals surface area contributed by atoms with Crippen LogP contribution in [-0.2, 0) is 6.54 Å². The molecule has 0 aliphatic carbocycles. The summed E-state index contributed by atoms with van der Waals surface area (Å²) < 4.78 is 1.62. The number of rotatable bonds is 3. The fourth-order valence-corrected chi connectivity index (χ4v) is 2.76. The molecule has 0 radical (unpaired) electrons. The molecule has 116 valence electrons. The third kappa shape index (κ3) is 3.16. The van der Waals surface area contributed by atoms with Gasteiger partial charge in [-0.25, -0.2) is 4.79 Å². The molecule has 1 heterocycles. The molecule has 0 atom stereocenters. The summed E-state index contributed by atoms with van der Waals surface area (Å²) in [6, 6.07) is 16.9. The van der Waals surface area contributed by atoms with Crippen molar-refractivity contribution in [2.24, 2.45) is 0 Å². The van der Waals surface area contributed by atoms with Crippen LogP contribution in [0.4, 0.5) is 0 Å². The van der Waals surface area contributed by atoms with Crippen LogP contribution in [0.5, 0.6) is 0 Å². The highest BCUT2D eigenvalue weighted by Gasteiger charge is 2.11.